The van der Waals surface area contributed by atoms with E-state index in [1.54, 1.807) is 0 Å². The molecule has 0 spiro atoms. The molecule has 0 aromatic carbocycles. The summed E-state index contributed by atoms with van der Waals surface area (Å²) in [6.07, 6.45) is 0. The Kier molecular flexibility index (Phi) is 2.03. The Hall–Kier alpha value is -0.600. The van der Waals surface area contributed by atoms with Crippen molar-refractivity contribution < 1.29 is 0 Å². The van der Waals surface area contributed by atoms with Crippen molar-refractivity contribution in [2.45, 2.75) is 13.8 Å². The monoisotopic (exact) mass is 194 g/mol. The molecule has 2 aromatic heterocycles. The molecule has 0 aliphatic rings. The van der Waals surface area contributed by atoms with E-state index in [9.17, 15) is 0 Å². The molecule has 2 heterocycles. The van der Waals surface area contributed by atoms with Crippen molar-refractivity contribution in [2.24, 2.45) is 0 Å². The Labute approximate surface area is 80.5 Å². The van der Waals surface area contributed by atoms with Crippen LogP contribution in [0.25, 0.3) is 9.75 Å². The zero-order valence-electron chi connectivity index (χ0n) is 7.13. The van der Waals surface area contributed by atoms with Gasteiger partial charge in [-0.15, -0.1) is 22.7 Å². The number of thiophene rings is 2. The summed E-state index contributed by atoms with van der Waals surface area (Å²) in [5.41, 5.74) is 2.72. The molecule has 2 aromatic rings. The van der Waals surface area contributed by atoms with Crippen LogP contribution in [0.15, 0.2) is 22.9 Å². The summed E-state index contributed by atoms with van der Waals surface area (Å²) in [6.45, 7) is 4.28. The highest BCUT2D eigenvalue weighted by atomic mass is 32.1. The van der Waals surface area contributed by atoms with Crippen molar-refractivity contribution >= 4 is 22.7 Å². The fraction of sp³-hybridized carbons (Fsp3) is 0.200. The first-order valence-electron chi connectivity index (χ1n) is 3.86. The van der Waals surface area contributed by atoms with E-state index in [2.05, 4.69) is 36.7 Å². The van der Waals surface area contributed by atoms with Crippen LogP contribution in [-0.2, 0) is 0 Å². The van der Waals surface area contributed by atoms with Gasteiger partial charge < -0.3 is 0 Å². The van der Waals surface area contributed by atoms with Crippen molar-refractivity contribution in [3.63, 3.8) is 0 Å². The van der Waals surface area contributed by atoms with Crippen LogP contribution in [0.2, 0.25) is 0 Å². The normalized spacial score (nSPS) is 10.5. The molecule has 0 atom stereocenters. The molecule has 62 valence electrons. The lowest BCUT2D eigenvalue weighted by Crippen LogP contribution is -1.61. The molecule has 12 heavy (non-hydrogen) atoms. The molecule has 0 aliphatic heterocycles. The summed E-state index contributed by atoms with van der Waals surface area (Å²) < 4.78 is 0. The predicted molar refractivity (Wildman–Crippen MR) is 57.1 cm³/mol. The fourth-order valence-corrected chi connectivity index (χ4v) is 3.03. The second-order valence-electron chi connectivity index (χ2n) is 2.98. The van der Waals surface area contributed by atoms with Gasteiger partial charge in [-0.2, -0.15) is 0 Å². The molecule has 0 fully saturated rings. The highest BCUT2D eigenvalue weighted by Crippen LogP contribution is 2.31. The lowest BCUT2D eigenvalue weighted by atomic mass is 10.3. The Morgan fingerprint density at radius 3 is 1.50 bits per heavy atom. The van der Waals surface area contributed by atoms with Crippen LogP contribution < -0.4 is 0 Å². The maximum absolute atomic E-state index is 2.25. The van der Waals surface area contributed by atoms with Gasteiger partial charge in [0.25, 0.3) is 0 Å². The molecule has 0 aliphatic carbocycles. The minimum Gasteiger partial charge on any atom is -0.143 e. The zero-order valence-corrected chi connectivity index (χ0v) is 8.76. The van der Waals surface area contributed by atoms with Crippen molar-refractivity contribution in [2.75, 3.05) is 0 Å². The molecule has 0 saturated carbocycles. The minimum atomic E-state index is 1.36. The Morgan fingerprint density at radius 1 is 0.833 bits per heavy atom. The van der Waals surface area contributed by atoms with Crippen molar-refractivity contribution in [3.05, 3.63) is 34.0 Å². The average Bonchev–Trinajstić information content (AvgIpc) is 2.58. The van der Waals surface area contributed by atoms with Gasteiger partial charge in [0.05, 0.1) is 0 Å². The molecular formula is C10H10S2. The molecule has 0 N–H and O–H groups in total. The van der Waals surface area contributed by atoms with Gasteiger partial charge in [-0.1, -0.05) is 0 Å². The van der Waals surface area contributed by atoms with E-state index in [1.807, 2.05) is 22.7 Å². The number of aryl methyl sites for hydroxylation is 2. The van der Waals surface area contributed by atoms with Crippen LogP contribution in [0.1, 0.15) is 11.1 Å². The quantitative estimate of drug-likeness (QED) is 0.641. The van der Waals surface area contributed by atoms with Crippen molar-refractivity contribution in [1.29, 1.82) is 0 Å². The number of rotatable bonds is 1. The van der Waals surface area contributed by atoms with Gasteiger partial charge in [0.2, 0.25) is 0 Å². The van der Waals surface area contributed by atoms with Gasteiger partial charge in [0.15, 0.2) is 0 Å². The second-order valence-corrected chi connectivity index (χ2v) is 4.80. The van der Waals surface area contributed by atoms with E-state index in [1.165, 1.54) is 20.9 Å². The molecular weight excluding hydrogens is 184 g/mol. The average molecular weight is 194 g/mol. The number of hydrogen-bond acceptors (Lipinski definition) is 2. The summed E-state index contributed by atoms with van der Waals surface area (Å²) in [4.78, 5) is 2.79. The van der Waals surface area contributed by atoms with Crippen LogP contribution in [0.5, 0.6) is 0 Å². The SMILES string of the molecule is Cc1csc(-c2cc(C)cs2)c1. The maximum atomic E-state index is 2.25. The molecule has 0 bridgehead atoms. The maximum Gasteiger partial charge on any atom is 0.0445 e. The minimum absolute atomic E-state index is 1.36. The van der Waals surface area contributed by atoms with Gasteiger partial charge in [0.1, 0.15) is 0 Å². The molecule has 0 nitrogen and oxygen atoms in total. The third-order valence-corrected chi connectivity index (χ3v) is 4.00. The molecule has 0 saturated heterocycles. The summed E-state index contributed by atoms with van der Waals surface area (Å²) in [7, 11) is 0. The standard InChI is InChI=1S/C10H10S2/c1-7-3-9(11-5-7)10-4-8(2)6-12-10/h3-6H,1-2H3. The van der Waals surface area contributed by atoms with Crippen LogP contribution in [0, 0.1) is 13.8 Å². The molecule has 2 rings (SSSR count). The highest BCUT2D eigenvalue weighted by molar-refractivity contribution is 7.20. The molecule has 0 radical (unpaired) electrons. The first-order chi connectivity index (χ1) is 5.75. The molecule has 2 heteroatoms. The Bertz CT molecular complexity index is 344. The highest BCUT2D eigenvalue weighted by Gasteiger charge is 2.01. The van der Waals surface area contributed by atoms with Gasteiger partial charge in [-0.25, -0.2) is 0 Å². The smallest absolute Gasteiger partial charge is 0.0445 e. The molecule has 0 unspecified atom stereocenters. The van der Waals surface area contributed by atoms with E-state index in [0.717, 1.165) is 0 Å². The van der Waals surface area contributed by atoms with E-state index in [0.29, 0.717) is 0 Å². The Morgan fingerprint density at radius 2 is 1.25 bits per heavy atom. The predicted octanol–water partition coefficient (Wildman–Crippen LogP) is 4.09. The van der Waals surface area contributed by atoms with E-state index in [4.69, 9.17) is 0 Å². The van der Waals surface area contributed by atoms with Crippen LogP contribution in [0.4, 0.5) is 0 Å². The summed E-state index contributed by atoms with van der Waals surface area (Å²) >= 11 is 3.65. The fourth-order valence-electron chi connectivity index (χ4n) is 1.12. The lowest BCUT2D eigenvalue weighted by Gasteiger charge is -1.86. The van der Waals surface area contributed by atoms with Crippen molar-refractivity contribution in [3.8, 4) is 9.75 Å². The Balaban J connectivity index is 2.43. The first kappa shape index (κ1) is 8.02. The first-order valence-corrected chi connectivity index (χ1v) is 5.62. The molecule has 0 amide bonds. The summed E-state index contributed by atoms with van der Waals surface area (Å²) in [6, 6.07) is 4.49. The van der Waals surface area contributed by atoms with Gasteiger partial charge >= 0.3 is 0 Å². The third-order valence-electron chi connectivity index (χ3n) is 1.70. The van der Waals surface area contributed by atoms with E-state index < -0.39 is 0 Å². The van der Waals surface area contributed by atoms with Gasteiger partial charge in [-0.3, -0.25) is 0 Å². The summed E-state index contributed by atoms with van der Waals surface area (Å²) in [5, 5.41) is 4.40. The lowest BCUT2D eigenvalue weighted by molar-refractivity contribution is 1.55. The van der Waals surface area contributed by atoms with E-state index in [-0.39, 0.29) is 0 Å². The topological polar surface area (TPSA) is 0 Å². The van der Waals surface area contributed by atoms with Crippen LogP contribution in [0.3, 0.4) is 0 Å². The van der Waals surface area contributed by atoms with Gasteiger partial charge in [-0.05, 0) is 47.9 Å². The second kappa shape index (κ2) is 3.04. The van der Waals surface area contributed by atoms with Crippen LogP contribution >= 0.6 is 22.7 Å². The zero-order chi connectivity index (χ0) is 8.55. The largest absolute Gasteiger partial charge is 0.143 e. The van der Waals surface area contributed by atoms with E-state index >= 15 is 0 Å². The third kappa shape index (κ3) is 1.45. The van der Waals surface area contributed by atoms with Crippen molar-refractivity contribution in [1.82, 2.24) is 0 Å². The van der Waals surface area contributed by atoms with Gasteiger partial charge in [0, 0.05) is 9.75 Å². The number of hydrogen-bond donors (Lipinski definition) is 0. The summed E-state index contributed by atoms with van der Waals surface area (Å²) in [5.74, 6) is 0. The van der Waals surface area contributed by atoms with Crippen LogP contribution in [-0.4, -0.2) is 0 Å².